The average molecular weight is 612 g/mol. The molecule has 236 valence electrons. The summed E-state index contributed by atoms with van der Waals surface area (Å²) in [5.41, 5.74) is -6.06. The first-order chi connectivity index (χ1) is 18.9. The topological polar surface area (TPSA) is 150 Å². The Kier molecular flexibility index (Phi) is 9.17. The van der Waals surface area contributed by atoms with Crippen LogP contribution in [0.3, 0.4) is 0 Å². The minimum absolute atomic E-state index is 0.00767. The second kappa shape index (κ2) is 11.6. The molecule has 4 fully saturated rings. The van der Waals surface area contributed by atoms with E-state index >= 15 is 0 Å². The van der Waals surface area contributed by atoms with E-state index in [9.17, 15) is 46.5 Å². The first-order valence-corrected chi connectivity index (χ1v) is 16.2. The lowest BCUT2D eigenvalue weighted by Crippen LogP contribution is -2.62. The summed E-state index contributed by atoms with van der Waals surface area (Å²) in [6.07, 6.45) is 3.71. The van der Waals surface area contributed by atoms with Gasteiger partial charge in [0.15, 0.2) is 0 Å². The summed E-state index contributed by atoms with van der Waals surface area (Å²) >= 11 is 0. The molecule has 4 rings (SSSR count). The molecule has 4 aliphatic rings. The molecule has 0 bridgehead atoms. The van der Waals surface area contributed by atoms with Crippen LogP contribution in [0.25, 0.3) is 0 Å². The molecule has 4 N–H and O–H groups in total. The summed E-state index contributed by atoms with van der Waals surface area (Å²) in [4.78, 5) is 23.8. The summed E-state index contributed by atoms with van der Waals surface area (Å²) in [6, 6.07) is 0. The Morgan fingerprint density at radius 3 is 2.37 bits per heavy atom. The Morgan fingerprint density at radius 2 is 1.71 bits per heavy atom. The Morgan fingerprint density at radius 1 is 1.02 bits per heavy atom. The molecule has 0 aromatic heterocycles. The molecular formula is C28H44F3NO8S. The number of hydrogen-bond donors (Lipinski definition) is 4. The molecule has 13 heteroatoms. The van der Waals surface area contributed by atoms with Crippen molar-refractivity contribution in [3.8, 4) is 0 Å². The Hall–Kier alpha value is -1.44. The number of esters is 1. The molecule has 0 spiro atoms. The molecule has 0 aromatic carbocycles. The molecule has 4 unspecified atom stereocenters. The van der Waals surface area contributed by atoms with Crippen LogP contribution in [-0.4, -0.2) is 66.0 Å². The van der Waals surface area contributed by atoms with Crippen molar-refractivity contribution in [2.24, 2.45) is 46.3 Å². The summed E-state index contributed by atoms with van der Waals surface area (Å²) in [7, 11) is -5.81. The molecule has 0 aromatic rings. The van der Waals surface area contributed by atoms with E-state index in [1.54, 1.807) is 0 Å². The van der Waals surface area contributed by atoms with Gasteiger partial charge in [0.1, 0.15) is 6.61 Å². The number of halogens is 3. The highest BCUT2D eigenvalue weighted by atomic mass is 32.2. The number of alkyl halides is 3. The monoisotopic (exact) mass is 611 g/mol. The van der Waals surface area contributed by atoms with Gasteiger partial charge in [0.25, 0.3) is 0 Å². The summed E-state index contributed by atoms with van der Waals surface area (Å²) in [5.74, 6) is -1.28. The van der Waals surface area contributed by atoms with Crippen LogP contribution in [0.1, 0.15) is 85.0 Å². The third-order valence-corrected chi connectivity index (χ3v) is 12.6. The van der Waals surface area contributed by atoms with E-state index in [1.165, 1.54) is 0 Å². The maximum atomic E-state index is 12.4. The van der Waals surface area contributed by atoms with E-state index in [0.717, 1.165) is 30.4 Å². The van der Waals surface area contributed by atoms with Crippen molar-refractivity contribution < 1.29 is 51.2 Å². The van der Waals surface area contributed by atoms with Crippen LogP contribution < -0.4 is 4.72 Å². The van der Waals surface area contributed by atoms with Crippen LogP contribution in [0, 0.1) is 46.3 Å². The number of sulfonamides is 1. The van der Waals surface area contributed by atoms with Crippen LogP contribution >= 0.6 is 0 Å². The number of nitrogens with one attached hydrogen (secondary N) is 1. The van der Waals surface area contributed by atoms with Gasteiger partial charge in [-0.15, -0.1) is 0 Å². The largest absolute Gasteiger partial charge is 0.516 e. The zero-order valence-corrected chi connectivity index (χ0v) is 24.7. The van der Waals surface area contributed by atoms with E-state index in [4.69, 9.17) is 4.74 Å². The highest BCUT2D eigenvalue weighted by molar-refractivity contribution is 7.90. The predicted octanol–water partition coefficient (Wildman–Crippen LogP) is 3.26. The van der Waals surface area contributed by atoms with Crippen molar-refractivity contribution in [1.82, 2.24) is 4.72 Å². The number of carbonyl (C=O) groups is 2. The Labute approximate surface area is 239 Å². The molecule has 4 saturated carbocycles. The zero-order valence-electron chi connectivity index (χ0n) is 23.9. The molecule has 0 saturated heterocycles. The summed E-state index contributed by atoms with van der Waals surface area (Å²) in [5, 5.41) is 33.3. The first-order valence-electron chi connectivity index (χ1n) is 14.7. The van der Waals surface area contributed by atoms with Crippen molar-refractivity contribution in [3.63, 3.8) is 0 Å². The van der Waals surface area contributed by atoms with Crippen LogP contribution in [0.4, 0.5) is 13.2 Å². The van der Waals surface area contributed by atoms with Crippen LogP contribution in [-0.2, 0) is 24.3 Å². The van der Waals surface area contributed by atoms with Crippen LogP contribution in [0.15, 0.2) is 0 Å². The predicted molar refractivity (Wildman–Crippen MR) is 141 cm³/mol. The summed E-state index contributed by atoms with van der Waals surface area (Å²) < 4.78 is 65.0. The fourth-order valence-corrected chi connectivity index (χ4v) is 9.78. The van der Waals surface area contributed by atoms with E-state index in [2.05, 4.69) is 13.8 Å². The number of hydrogen-bond acceptors (Lipinski definition) is 8. The molecule has 0 radical (unpaired) electrons. The van der Waals surface area contributed by atoms with Crippen molar-refractivity contribution in [3.05, 3.63) is 0 Å². The van der Waals surface area contributed by atoms with Crippen LogP contribution in [0.5, 0.6) is 0 Å². The SMILES string of the molecule is C[C@H](CCC(=O)OCCC(=O)NS(=O)(=O)C(F)(F)F)[C@H]1CC[C@H]2[C@@H]3C(O)C[C@@H]4CC(O)CCC4(C)[C@H]3CC(O)[C@]12C. The van der Waals surface area contributed by atoms with E-state index in [0.29, 0.717) is 25.7 Å². The molecule has 1 amide bonds. The normalized spacial score (nSPS) is 41.5. The van der Waals surface area contributed by atoms with E-state index in [-0.39, 0.29) is 53.4 Å². The fraction of sp³-hybridized carbons (Fsp3) is 0.929. The maximum Gasteiger partial charge on any atom is 0.516 e. The van der Waals surface area contributed by atoms with E-state index in [1.807, 2.05) is 6.92 Å². The lowest BCUT2D eigenvalue weighted by atomic mass is 9.43. The van der Waals surface area contributed by atoms with Gasteiger partial charge in [0.2, 0.25) is 5.91 Å². The van der Waals surface area contributed by atoms with Gasteiger partial charge >= 0.3 is 21.5 Å². The van der Waals surface area contributed by atoms with E-state index < -0.39 is 58.1 Å². The average Bonchev–Trinajstić information content (AvgIpc) is 3.21. The minimum Gasteiger partial charge on any atom is -0.465 e. The van der Waals surface area contributed by atoms with Crippen molar-refractivity contribution in [2.75, 3.05) is 6.61 Å². The smallest absolute Gasteiger partial charge is 0.465 e. The molecule has 41 heavy (non-hydrogen) atoms. The molecule has 9 nitrogen and oxygen atoms in total. The Balaban J connectivity index is 1.32. The lowest BCUT2D eigenvalue weighted by Gasteiger charge is -2.63. The lowest BCUT2D eigenvalue weighted by molar-refractivity contribution is -0.207. The van der Waals surface area contributed by atoms with Gasteiger partial charge in [-0.25, -0.2) is 4.72 Å². The van der Waals surface area contributed by atoms with Gasteiger partial charge in [0.05, 0.1) is 24.7 Å². The number of aliphatic hydroxyl groups is 3. The molecule has 0 aliphatic heterocycles. The fourth-order valence-electron chi connectivity index (χ4n) is 9.27. The molecular weight excluding hydrogens is 567 g/mol. The van der Waals surface area contributed by atoms with Gasteiger partial charge in [-0.2, -0.15) is 21.6 Å². The summed E-state index contributed by atoms with van der Waals surface area (Å²) in [6.45, 7) is 5.87. The van der Waals surface area contributed by atoms with Crippen LogP contribution in [0.2, 0.25) is 0 Å². The van der Waals surface area contributed by atoms with Gasteiger partial charge < -0.3 is 20.1 Å². The van der Waals surface area contributed by atoms with Gasteiger partial charge in [-0.1, -0.05) is 20.8 Å². The highest BCUT2D eigenvalue weighted by Gasteiger charge is 2.65. The van der Waals surface area contributed by atoms with Gasteiger partial charge in [-0.3, -0.25) is 9.59 Å². The zero-order chi connectivity index (χ0) is 30.5. The highest BCUT2D eigenvalue weighted by Crippen LogP contribution is 2.68. The second-order valence-electron chi connectivity index (χ2n) is 13.5. The standard InChI is InChI=1S/C28H44F3NO8S/c1-15(4-7-24(37)40-11-9-23(36)32-41(38,39)28(29,30)31)18-5-6-19-25-20(14-22(35)27(18,19)3)26(2)10-8-17(33)12-16(26)13-21(25)34/h15-22,25,33-35H,4-14H2,1-3H3,(H,32,36)/t15-,16+,17?,18-,19+,20+,21?,22?,25+,26?,27-/m1/s1. The number of ether oxygens (including phenoxy) is 1. The molecule has 11 atom stereocenters. The molecule has 0 heterocycles. The van der Waals surface area contributed by atoms with Gasteiger partial charge in [0, 0.05) is 6.42 Å². The number of carbonyl (C=O) groups excluding carboxylic acids is 2. The number of rotatable bonds is 8. The third kappa shape index (κ3) is 6.02. The van der Waals surface area contributed by atoms with Crippen molar-refractivity contribution in [1.29, 1.82) is 0 Å². The minimum atomic E-state index is -5.81. The molecule has 4 aliphatic carbocycles. The number of amides is 1. The van der Waals surface area contributed by atoms with Crippen molar-refractivity contribution >= 4 is 21.9 Å². The van der Waals surface area contributed by atoms with Crippen molar-refractivity contribution in [2.45, 2.75) is 109 Å². The second-order valence-corrected chi connectivity index (χ2v) is 15.2. The maximum absolute atomic E-state index is 12.4. The third-order valence-electron chi connectivity index (χ3n) is 11.5. The number of aliphatic hydroxyl groups excluding tert-OH is 3. The Bertz CT molecular complexity index is 1100. The van der Waals surface area contributed by atoms with Gasteiger partial charge in [-0.05, 0) is 97.7 Å². The quantitative estimate of drug-likeness (QED) is 0.306. The first kappa shape index (κ1) is 32.5. The number of fused-ring (bicyclic) bond motifs is 5.